The van der Waals surface area contributed by atoms with Gasteiger partial charge in [-0.3, -0.25) is 4.79 Å². The fourth-order valence-electron chi connectivity index (χ4n) is 0.792. The van der Waals surface area contributed by atoms with E-state index in [0.717, 1.165) is 18.5 Å². The highest BCUT2D eigenvalue weighted by atomic mass is 32.2. The summed E-state index contributed by atoms with van der Waals surface area (Å²) < 4.78 is 0. The number of hydrogen-bond donors (Lipinski definition) is 1. The standard InChI is InChI=1S/C6H9NOS/c1-9-4-5-2-3-7-6(5)8/h4H,2-3H2,1H3,(H,7,8). The Morgan fingerprint density at radius 3 is 3.00 bits per heavy atom. The maximum absolute atomic E-state index is 10.8. The average molecular weight is 143 g/mol. The smallest absolute Gasteiger partial charge is 0.247 e. The summed E-state index contributed by atoms with van der Waals surface area (Å²) in [5.41, 5.74) is 0.919. The van der Waals surface area contributed by atoms with E-state index in [0.29, 0.717) is 0 Å². The van der Waals surface area contributed by atoms with E-state index < -0.39 is 0 Å². The Bertz CT molecular complexity index is 153. The highest BCUT2D eigenvalue weighted by Gasteiger charge is 2.14. The number of amides is 1. The van der Waals surface area contributed by atoms with Crippen molar-refractivity contribution in [2.24, 2.45) is 0 Å². The van der Waals surface area contributed by atoms with E-state index in [9.17, 15) is 4.79 Å². The van der Waals surface area contributed by atoms with Gasteiger partial charge in [0.1, 0.15) is 0 Å². The summed E-state index contributed by atoms with van der Waals surface area (Å²) in [5, 5.41) is 4.64. The second-order valence-electron chi connectivity index (χ2n) is 1.88. The van der Waals surface area contributed by atoms with Crippen molar-refractivity contribution >= 4 is 17.7 Å². The fraction of sp³-hybridized carbons (Fsp3) is 0.500. The van der Waals surface area contributed by atoms with Crippen molar-refractivity contribution in [3.8, 4) is 0 Å². The molecule has 1 fully saturated rings. The molecule has 1 N–H and O–H groups in total. The molecule has 0 bridgehead atoms. The zero-order valence-corrected chi connectivity index (χ0v) is 6.12. The molecule has 0 aromatic rings. The first-order chi connectivity index (χ1) is 4.34. The lowest BCUT2D eigenvalue weighted by molar-refractivity contribution is -0.116. The van der Waals surface area contributed by atoms with Gasteiger partial charge >= 0.3 is 0 Å². The highest BCUT2D eigenvalue weighted by Crippen LogP contribution is 2.11. The van der Waals surface area contributed by atoms with Crippen molar-refractivity contribution in [2.45, 2.75) is 6.42 Å². The molecule has 1 aliphatic heterocycles. The molecule has 0 saturated carbocycles. The topological polar surface area (TPSA) is 29.1 Å². The largest absolute Gasteiger partial charge is 0.352 e. The number of thioether (sulfide) groups is 1. The minimum Gasteiger partial charge on any atom is -0.352 e. The highest BCUT2D eigenvalue weighted by molar-refractivity contribution is 8.01. The molecule has 2 nitrogen and oxygen atoms in total. The quantitative estimate of drug-likeness (QED) is 0.549. The van der Waals surface area contributed by atoms with Crippen molar-refractivity contribution in [3.05, 3.63) is 11.0 Å². The van der Waals surface area contributed by atoms with E-state index in [1.807, 2.05) is 11.7 Å². The predicted octanol–water partition coefficient (Wildman–Crippen LogP) is 0.753. The van der Waals surface area contributed by atoms with E-state index in [1.54, 1.807) is 11.8 Å². The number of nitrogens with one attached hydrogen (secondary N) is 1. The van der Waals surface area contributed by atoms with Crippen LogP contribution in [0.2, 0.25) is 0 Å². The molecule has 0 aliphatic carbocycles. The second-order valence-corrected chi connectivity index (χ2v) is 2.59. The molecule has 50 valence electrons. The molecule has 0 unspecified atom stereocenters. The minimum atomic E-state index is 0.101. The van der Waals surface area contributed by atoms with Crippen LogP contribution in [0.25, 0.3) is 0 Å². The zero-order chi connectivity index (χ0) is 6.69. The van der Waals surface area contributed by atoms with Crippen LogP contribution in [-0.2, 0) is 4.79 Å². The Kier molecular flexibility index (Phi) is 2.16. The predicted molar refractivity (Wildman–Crippen MR) is 39.2 cm³/mol. The first kappa shape index (κ1) is 6.68. The van der Waals surface area contributed by atoms with E-state index in [-0.39, 0.29) is 5.91 Å². The Morgan fingerprint density at radius 1 is 1.78 bits per heavy atom. The van der Waals surface area contributed by atoms with Crippen molar-refractivity contribution < 1.29 is 4.79 Å². The van der Waals surface area contributed by atoms with Gasteiger partial charge in [-0.25, -0.2) is 0 Å². The van der Waals surface area contributed by atoms with Crippen molar-refractivity contribution in [3.63, 3.8) is 0 Å². The van der Waals surface area contributed by atoms with Gasteiger partial charge in [0, 0.05) is 12.1 Å². The van der Waals surface area contributed by atoms with Gasteiger partial charge in [0.2, 0.25) is 5.91 Å². The van der Waals surface area contributed by atoms with Gasteiger partial charge in [0.05, 0.1) is 0 Å². The van der Waals surface area contributed by atoms with Crippen molar-refractivity contribution in [1.82, 2.24) is 5.32 Å². The summed E-state index contributed by atoms with van der Waals surface area (Å²) in [4.78, 5) is 10.8. The zero-order valence-electron chi connectivity index (χ0n) is 5.31. The summed E-state index contributed by atoms with van der Waals surface area (Å²) in [7, 11) is 0. The summed E-state index contributed by atoms with van der Waals surface area (Å²) >= 11 is 1.58. The summed E-state index contributed by atoms with van der Waals surface area (Å²) in [6.07, 6.45) is 2.85. The third kappa shape index (κ3) is 1.48. The van der Waals surface area contributed by atoms with E-state index >= 15 is 0 Å². The molecule has 1 aliphatic rings. The summed E-state index contributed by atoms with van der Waals surface area (Å²) in [6, 6.07) is 0. The van der Waals surface area contributed by atoms with Crippen LogP contribution in [-0.4, -0.2) is 18.7 Å². The van der Waals surface area contributed by atoms with Crippen LogP contribution < -0.4 is 5.32 Å². The maximum atomic E-state index is 10.8. The van der Waals surface area contributed by atoms with Gasteiger partial charge in [-0.05, 0) is 18.1 Å². The lowest BCUT2D eigenvalue weighted by Crippen LogP contribution is -2.13. The Morgan fingerprint density at radius 2 is 2.56 bits per heavy atom. The van der Waals surface area contributed by atoms with E-state index in [2.05, 4.69) is 5.32 Å². The number of carbonyl (C=O) groups is 1. The van der Waals surface area contributed by atoms with Crippen molar-refractivity contribution in [1.29, 1.82) is 0 Å². The van der Waals surface area contributed by atoms with Crippen LogP contribution in [0, 0.1) is 0 Å². The normalized spacial score (nSPS) is 22.8. The third-order valence-corrected chi connectivity index (χ3v) is 1.75. The van der Waals surface area contributed by atoms with E-state index in [4.69, 9.17) is 0 Å². The molecule has 0 aromatic carbocycles. The monoisotopic (exact) mass is 143 g/mol. The molecule has 1 rings (SSSR count). The summed E-state index contributed by atoms with van der Waals surface area (Å²) in [5.74, 6) is 0.101. The van der Waals surface area contributed by atoms with Crippen LogP contribution in [0.5, 0.6) is 0 Å². The molecular weight excluding hydrogens is 134 g/mol. The van der Waals surface area contributed by atoms with Crippen LogP contribution in [0.4, 0.5) is 0 Å². The Balaban J connectivity index is 2.59. The van der Waals surface area contributed by atoms with Gasteiger partial charge in [0.25, 0.3) is 0 Å². The molecule has 1 heterocycles. The first-order valence-electron chi connectivity index (χ1n) is 2.84. The summed E-state index contributed by atoms with van der Waals surface area (Å²) in [6.45, 7) is 0.811. The fourth-order valence-corrected chi connectivity index (χ4v) is 1.30. The molecule has 1 saturated heterocycles. The van der Waals surface area contributed by atoms with Crippen LogP contribution in [0.1, 0.15) is 6.42 Å². The Hall–Kier alpha value is -0.440. The van der Waals surface area contributed by atoms with Crippen LogP contribution in [0.15, 0.2) is 11.0 Å². The molecule has 9 heavy (non-hydrogen) atoms. The molecule has 3 heteroatoms. The molecule has 0 radical (unpaired) electrons. The van der Waals surface area contributed by atoms with Gasteiger partial charge in [-0.1, -0.05) is 0 Å². The van der Waals surface area contributed by atoms with E-state index in [1.165, 1.54) is 0 Å². The van der Waals surface area contributed by atoms with Gasteiger partial charge in [-0.2, -0.15) is 0 Å². The number of rotatable bonds is 1. The lowest BCUT2D eigenvalue weighted by Gasteiger charge is -1.87. The first-order valence-corrected chi connectivity index (χ1v) is 4.13. The molecular formula is C6H9NOS. The maximum Gasteiger partial charge on any atom is 0.247 e. The number of hydrogen-bond acceptors (Lipinski definition) is 2. The minimum absolute atomic E-state index is 0.101. The van der Waals surface area contributed by atoms with Crippen molar-refractivity contribution in [2.75, 3.05) is 12.8 Å². The average Bonchev–Trinajstić information content (AvgIpc) is 2.18. The van der Waals surface area contributed by atoms with Gasteiger partial charge < -0.3 is 5.32 Å². The molecule has 0 aromatic heterocycles. The molecule has 0 spiro atoms. The molecule has 0 atom stereocenters. The number of carbonyl (C=O) groups excluding carboxylic acids is 1. The van der Waals surface area contributed by atoms with Gasteiger partial charge in [0.15, 0.2) is 0 Å². The molecule has 1 amide bonds. The Labute approximate surface area is 58.7 Å². The SMILES string of the molecule is CSC=C1CCNC1=O. The lowest BCUT2D eigenvalue weighted by atomic mass is 10.3. The van der Waals surface area contributed by atoms with Crippen LogP contribution in [0.3, 0.4) is 0 Å². The second kappa shape index (κ2) is 2.92. The van der Waals surface area contributed by atoms with Crippen LogP contribution >= 0.6 is 11.8 Å². The van der Waals surface area contributed by atoms with Gasteiger partial charge in [-0.15, -0.1) is 11.8 Å². The third-order valence-electron chi connectivity index (χ3n) is 1.23.